The maximum atomic E-state index is 6.59. The zero-order valence-electron chi connectivity index (χ0n) is 22.4. The highest BCUT2D eigenvalue weighted by atomic mass is 16.6. The normalized spacial score (nSPS) is 35.7. The Balaban J connectivity index is 1.25. The average Bonchev–Trinajstić information content (AvgIpc) is 3.53. The maximum absolute atomic E-state index is 6.59. The number of hydrogen-bond acceptors (Lipinski definition) is 2. The molecule has 0 aromatic heterocycles. The summed E-state index contributed by atoms with van der Waals surface area (Å²) in [5, 5.41) is 0. The molecule has 2 aliphatic heterocycles. The highest BCUT2D eigenvalue weighted by Gasteiger charge is 2.47. The number of fused-ring (bicyclic) bond motifs is 2. The third-order valence-corrected chi connectivity index (χ3v) is 9.07. The first-order valence-corrected chi connectivity index (χ1v) is 14.0. The molecule has 2 heterocycles. The van der Waals surface area contributed by atoms with Crippen LogP contribution in [0.25, 0.3) is 0 Å². The van der Waals surface area contributed by atoms with Crippen molar-refractivity contribution in [2.75, 3.05) is 0 Å². The van der Waals surface area contributed by atoms with Crippen LogP contribution in [0.1, 0.15) is 118 Å². The minimum absolute atomic E-state index is 0.111. The van der Waals surface area contributed by atoms with Crippen LogP contribution in [-0.2, 0) is 9.47 Å². The molecule has 0 bridgehead atoms. The van der Waals surface area contributed by atoms with Crippen LogP contribution in [0.5, 0.6) is 0 Å². The van der Waals surface area contributed by atoms with Crippen LogP contribution in [-0.4, -0.2) is 17.8 Å². The Morgan fingerprint density at radius 3 is 2.65 bits per heavy atom. The number of allylic oxidation sites excluding steroid dienone is 4. The Hall–Kier alpha value is -1.64. The molecule has 0 aromatic carbocycles. The van der Waals surface area contributed by atoms with Crippen molar-refractivity contribution in [1.82, 2.24) is 0 Å². The van der Waals surface area contributed by atoms with Gasteiger partial charge in [-0.25, -0.2) is 0 Å². The van der Waals surface area contributed by atoms with E-state index in [2.05, 4.69) is 64.4 Å². The van der Waals surface area contributed by atoms with Gasteiger partial charge in [0.15, 0.2) is 5.76 Å². The van der Waals surface area contributed by atoms with E-state index in [0.717, 1.165) is 30.9 Å². The van der Waals surface area contributed by atoms with Gasteiger partial charge in [-0.1, -0.05) is 69.9 Å². The molecule has 1 saturated carbocycles. The highest BCUT2D eigenvalue weighted by molar-refractivity contribution is 5.36. The Morgan fingerprint density at radius 1 is 1.03 bits per heavy atom. The van der Waals surface area contributed by atoms with Crippen LogP contribution >= 0.6 is 0 Å². The van der Waals surface area contributed by atoms with Crippen molar-refractivity contribution < 1.29 is 9.47 Å². The first kappa shape index (κ1) is 25.5. The zero-order valence-corrected chi connectivity index (χ0v) is 22.4. The van der Waals surface area contributed by atoms with E-state index in [1.54, 1.807) is 11.1 Å². The van der Waals surface area contributed by atoms with Crippen molar-refractivity contribution in [3.05, 3.63) is 23.0 Å². The largest absolute Gasteiger partial charge is 0.479 e. The Bertz CT molecular complexity index is 914. The van der Waals surface area contributed by atoms with Gasteiger partial charge in [0, 0.05) is 12.3 Å². The summed E-state index contributed by atoms with van der Waals surface area (Å²) in [5.74, 6) is 14.7. The summed E-state index contributed by atoms with van der Waals surface area (Å²) in [4.78, 5) is 0. The fourth-order valence-corrected chi connectivity index (χ4v) is 6.55. The minimum atomic E-state index is -0.111. The highest BCUT2D eigenvalue weighted by Crippen LogP contribution is 2.56. The Labute approximate surface area is 209 Å². The molecule has 5 unspecified atom stereocenters. The molecule has 2 nitrogen and oxygen atoms in total. The number of hydrogen-bond donors (Lipinski definition) is 0. The molecule has 0 spiro atoms. The van der Waals surface area contributed by atoms with E-state index in [4.69, 9.17) is 9.47 Å². The summed E-state index contributed by atoms with van der Waals surface area (Å²) >= 11 is 0. The van der Waals surface area contributed by atoms with Crippen molar-refractivity contribution in [2.45, 2.75) is 136 Å². The summed E-state index contributed by atoms with van der Waals surface area (Å²) in [6.45, 7) is 11.8. The maximum Gasteiger partial charge on any atom is 0.167 e. The summed E-state index contributed by atoms with van der Waals surface area (Å²) in [5.41, 5.74) is 3.72. The van der Waals surface area contributed by atoms with Gasteiger partial charge in [-0.3, -0.25) is 0 Å². The van der Waals surface area contributed by atoms with E-state index in [1.807, 2.05) is 0 Å². The average molecular weight is 463 g/mol. The molecule has 186 valence electrons. The smallest absolute Gasteiger partial charge is 0.167 e. The first-order chi connectivity index (χ1) is 16.3. The molecule has 0 N–H and O–H groups in total. The molecule has 34 heavy (non-hydrogen) atoms. The van der Waals surface area contributed by atoms with Crippen molar-refractivity contribution in [2.24, 2.45) is 17.3 Å². The van der Waals surface area contributed by atoms with Gasteiger partial charge in [0.2, 0.25) is 0 Å². The first-order valence-electron chi connectivity index (χ1n) is 14.0. The number of rotatable bonds is 7. The molecule has 1 saturated heterocycles. The summed E-state index contributed by atoms with van der Waals surface area (Å²) in [7, 11) is 0. The minimum Gasteiger partial charge on any atom is -0.479 e. The molecule has 4 rings (SSSR count). The van der Waals surface area contributed by atoms with Gasteiger partial charge in [0.25, 0.3) is 0 Å². The molecular weight excluding hydrogens is 416 g/mol. The third kappa shape index (κ3) is 6.13. The number of ether oxygens (including phenoxy) is 2. The van der Waals surface area contributed by atoms with Crippen LogP contribution in [0.4, 0.5) is 0 Å². The molecule has 2 fully saturated rings. The van der Waals surface area contributed by atoms with E-state index in [1.165, 1.54) is 64.2 Å². The molecule has 2 heteroatoms. The van der Waals surface area contributed by atoms with Crippen LogP contribution in [0.2, 0.25) is 0 Å². The molecule has 0 aromatic rings. The lowest BCUT2D eigenvalue weighted by Gasteiger charge is -2.49. The van der Waals surface area contributed by atoms with E-state index in [9.17, 15) is 0 Å². The second-order valence-corrected chi connectivity index (χ2v) is 12.2. The fourth-order valence-electron chi connectivity index (χ4n) is 6.55. The molecule has 2 aliphatic carbocycles. The number of unbranched alkanes of at least 4 members (excludes halogenated alkanes) is 4. The fraction of sp³-hybridized carbons (Fsp3) is 0.750. The lowest BCUT2D eigenvalue weighted by Crippen LogP contribution is -2.42. The van der Waals surface area contributed by atoms with Crippen molar-refractivity contribution in [1.29, 1.82) is 0 Å². The van der Waals surface area contributed by atoms with Gasteiger partial charge in [-0.2, -0.15) is 0 Å². The van der Waals surface area contributed by atoms with Crippen LogP contribution in [0, 0.1) is 40.9 Å². The zero-order chi connectivity index (χ0) is 24.2. The summed E-state index contributed by atoms with van der Waals surface area (Å²) < 4.78 is 12.4. The molecule has 5 atom stereocenters. The van der Waals surface area contributed by atoms with E-state index in [0.29, 0.717) is 23.5 Å². The third-order valence-electron chi connectivity index (χ3n) is 9.07. The van der Waals surface area contributed by atoms with Gasteiger partial charge in [-0.05, 0) is 94.0 Å². The van der Waals surface area contributed by atoms with Crippen LogP contribution in [0.15, 0.2) is 23.0 Å². The second kappa shape index (κ2) is 11.0. The van der Waals surface area contributed by atoms with Crippen LogP contribution < -0.4 is 0 Å². The van der Waals surface area contributed by atoms with Crippen molar-refractivity contribution in [3.8, 4) is 23.7 Å². The predicted octanol–water partition coefficient (Wildman–Crippen LogP) is 8.13. The molecule has 0 amide bonds. The topological polar surface area (TPSA) is 21.8 Å². The summed E-state index contributed by atoms with van der Waals surface area (Å²) in [6, 6.07) is 0. The SMILES string of the molecule is CCCCCCCC1OC1CC#CC#CC1=CCC2CC/C(C)=C3/CC(C)(C)C3CCC2(C)O1. The van der Waals surface area contributed by atoms with Gasteiger partial charge in [-0.15, -0.1) is 0 Å². The Kier molecular flexibility index (Phi) is 8.20. The standard InChI is InChI=1S/C32H46O2/c1-6-7-8-9-12-15-29-30(33-29)16-13-10-11-14-26-20-19-25-18-17-24(2)27-23-31(3,4)28(27)21-22-32(25,5)34-26/h20,25,28-30H,6-9,12,15-19,21-23H2,1-5H3/b27-24-. The summed E-state index contributed by atoms with van der Waals surface area (Å²) in [6.07, 6.45) is 18.8. The Morgan fingerprint density at radius 2 is 1.85 bits per heavy atom. The second-order valence-electron chi connectivity index (χ2n) is 12.2. The molecule has 0 radical (unpaired) electrons. The lowest BCUT2D eigenvalue weighted by molar-refractivity contribution is -0.0542. The number of epoxide rings is 1. The quantitative estimate of drug-likeness (QED) is 0.165. The van der Waals surface area contributed by atoms with E-state index >= 15 is 0 Å². The molecular formula is C32H46O2. The van der Waals surface area contributed by atoms with Gasteiger partial charge in [0.05, 0.1) is 12.2 Å². The van der Waals surface area contributed by atoms with Crippen LogP contribution in [0.3, 0.4) is 0 Å². The molecule has 4 aliphatic rings. The van der Waals surface area contributed by atoms with Gasteiger partial charge in [0.1, 0.15) is 5.60 Å². The van der Waals surface area contributed by atoms with Gasteiger partial charge >= 0.3 is 0 Å². The van der Waals surface area contributed by atoms with Crippen molar-refractivity contribution in [3.63, 3.8) is 0 Å². The predicted molar refractivity (Wildman–Crippen MR) is 141 cm³/mol. The monoisotopic (exact) mass is 462 g/mol. The van der Waals surface area contributed by atoms with E-state index in [-0.39, 0.29) is 5.60 Å². The van der Waals surface area contributed by atoms with Gasteiger partial charge < -0.3 is 9.47 Å². The lowest BCUT2D eigenvalue weighted by atomic mass is 9.56. The van der Waals surface area contributed by atoms with E-state index < -0.39 is 0 Å². The van der Waals surface area contributed by atoms with Crippen molar-refractivity contribution >= 4 is 0 Å².